The third-order valence-corrected chi connectivity index (χ3v) is 6.17. The van der Waals surface area contributed by atoms with Crippen LogP contribution in [-0.2, 0) is 4.74 Å². The fourth-order valence-electron chi connectivity index (χ4n) is 5.60. The second-order valence-electron chi connectivity index (χ2n) is 7.36. The Kier molecular flexibility index (Phi) is 1.47. The Balaban J connectivity index is 1.80. The molecule has 1 heteroatoms. The van der Waals surface area contributed by atoms with Crippen molar-refractivity contribution in [2.45, 2.75) is 45.1 Å². The third-order valence-electron chi connectivity index (χ3n) is 6.17. The summed E-state index contributed by atoms with van der Waals surface area (Å²) in [6.45, 7) is 9.91. The van der Waals surface area contributed by atoms with E-state index < -0.39 is 0 Å². The van der Waals surface area contributed by atoms with Gasteiger partial charge in [0.25, 0.3) is 0 Å². The van der Waals surface area contributed by atoms with Crippen LogP contribution in [-0.4, -0.2) is 12.2 Å². The van der Waals surface area contributed by atoms with Crippen molar-refractivity contribution < 1.29 is 4.74 Å². The first-order chi connectivity index (χ1) is 7.56. The van der Waals surface area contributed by atoms with Crippen LogP contribution in [0.4, 0.5) is 0 Å². The molecule has 88 valence electrons. The molecule has 1 aliphatic heterocycles. The number of hydrogen-bond donors (Lipinski definition) is 0. The lowest BCUT2D eigenvalue weighted by atomic mass is 9.75. The first kappa shape index (κ1) is 9.70. The lowest BCUT2D eigenvalue weighted by Crippen LogP contribution is -2.45. The summed E-state index contributed by atoms with van der Waals surface area (Å²) in [5.41, 5.74) is 1.26. The van der Waals surface area contributed by atoms with Gasteiger partial charge in [-0.15, -0.1) is 6.58 Å². The molecule has 0 bridgehead atoms. The lowest BCUT2D eigenvalue weighted by molar-refractivity contribution is -0.130. The zero-order valence-electron chi connectivity index (χ0n) is 10.5. The Morgan fingerprint density at radius 3 is 2.94 bits per heavy atom. The molecule has 0 N–H and O–H groups in total. The maximum atomic E-state index is 6.39. The Bertz CT molecular complexity index is 372. The summed E-state index contributed by atoms with van der Waals surface area (Å²) in [7, 11) is 0. The fourth-order valence-corrected chi connectivity index (χ4v) is 5.60. The lowest BCUT2D eigenvalue weighted by Gasteiger charge is -2.43. The molecule has 4 rings (SSSR count). The van der Waals surface area contributed by atoms with Gasteiger partial charge in [-0.3, -0.25) is 0 Å². The number of fused-ring (bicyclic) bond motifs is 1. The summed E-state index contributed by atoms with van der Waals surface area (Å²) >= 11 is 0. The standard InChI is InChI=1S/C15H22O/c1-4-5-14-9-13(2,3)12-7-15(12,14)11-6-10(11)8-16-14/h4,10-12H,1,5-9H2,2-3H3/t10-,11-,12+,14+,15-/m1/s1. The second-order valence-corrected chi connectivity index (χ2v) is 7.36. The molecule has 1 spiro atoms. The quantitative estimate of drug-likeness (QED) is 0.645. The van der Waals surface area contributed by atoms with E-state index in [0.717, 1.165) is 30.8 Å². The van der Waals surface area contributed by atoms with Gasteiger partial charge in [-0.05, 0) is 48.9 Å². The Morgan fingerprint density at radius 2 is 2.25 bits per heavy atom. The fraction of sp³-hybridized carbons (Fsp3) is 0.867. The molecule has 0 unspecified atom stereocenters. The summed E-state index contributed by atoms with van der Waals surface area (Å²) in [6.07, 6.45) is 7.33. The SMILES string of the molecule is C=CC[C@]12CC(C)(C)[C@@H]3C[C@@]31[C@@H]1C[C@@H]1CO2. The van der Waals surface area contributed by atoms with E-state index >= 15 is 0 Å². The maximum absolute atomic E-state index is 6.39. The number of ether oxygens (including phenoxy) is 1. The molecule has 3 saturated carbocycles. The van der Waals surface area contributed by atoms with Gasteiger partial charge >= 0.3 is 0 Å². The van der Waals surface area contributed by atoms with Gasteiger partial charge in [0, 0.05) is 5.41 Å². The van der Waals surface area contributed by atoms with Crippen LogP contribution in [0.3, 0.4) is 0 Å². The third kappa shape index (κ3) is 0.827. The maximum Gasteiger partial charge on any atom is 0.0783 e. The van der Waals surface area contributed by atoms with Crippen molar-refractivity contribution in [2.75, 3.05) is 6.61 Å². The molecule has 0 aromatic heterocycles. The van der Waals surface area contributed by atoms with Crippen molar-refractivity contribution in [1.29, 1.82) is 0 Å². The first-order valence-corrected chi connectivity index (χ1v) is 6.81. The van der Waals surface area contributed by atoms with Crippen molar-refractivity contribution in [1.82, 2.24) is 0 Å². The second kappa shape index (κ2) is 2.43. The van der Waals surface area contributed by atoms with Gasteiger partial charge in [0.1, 0.15) is 0 Å². The molecule has 4 aliphatic rings. The van der Waals surface area contributed by atoms with E-state index in [2.05, 4.69) is 26.5 Å². The van der Waals surface area contributed by atoms with Gasteiger partial charge in [0.15, 0.2) is 0 Å². The zero-order chi connectivity index (χ0) is 11.2. The average Bonchev–Trinajstić information content (AvgIpc) is 3.06. The van der Waals surface area contributed by atoms with E-state index in [-0.39, 0.29) is 5.60 Å². The largest absolute Gasteiger partial charge is 0.374 e. The van der Waals surface area contributed by atoms with Crippen molar-refractivity contribution in [3.63, 3.8) is 0 Å². The molecule has 1 saturated heterocycles. The van der Waals surface area contributed by atoms with Gasteiger partial charge in [-0.1, -0.05) is 19.9 Å². The van der Waals surface area contributed by atoms with Gasteiger partial charge in [0.2, 0.25) is 0 Å². The molecule has 4 fully saturated rings. The van der Waals surface area contributed by atoms with E-state index in [9.17, 15) is 0 Å². The van der Waals surface area contributed by atoms with Crippen LogP contribution >= 0.6 is 0 Å². The zero-order valence-corrected chi connectivity index (χ0v) is 10.5. The van der Waals surface area contributed by atoms with E-state index in [4.69, 9.17) is 4.74 Å². The van der Waals surface area contributed by atoms with Crippen molar-refractivity contribution in [3.05, 3.63) is 12.7 Å². The van der Waals surface area contributed by atoms with Crippen molar-refractivity contribution in [3.8, 4) is 0 Å². The van der Waals surface area contributed by atoms with Crippen LogP contribution in [0, 0.1) is 28.6 Å². The predicted molar refractivity (Wildman–Crippen MR) is 64.0 cm³/mol. The summed E-state index contributed by atoms with van der Waals surface area (Å²) in [5.74, 6) is 2.86. The van der Waals surface area contributed by atoms with E-state index in [1.54, 1.807) is 0 Å². The summed E-state index contributed by atoms with van der Waals surface area (Å²) in [5, 5.41) is 0. The smallest absolute Gasteiger partial charge is 0.0783 e. The summed E-state index contributed by atoms with van der Waals surface area (Å²) < 4.78 is 6.39. The van der Waals surface area contributed by atoms with Crippen LogP contribution in [0.25, 0.3) is 0 Å². The molecular weight excluding hydrogens is 196 g/mol. The summed E-state index contributed by atoms with van der Waals surface area (Å²) in [6, 6.07) is 0. The van der Waals surface area contributed by atoms with E-state index in [1.807, 2.05) is 0 Å². The highest BCUT2D eigenvalue weighted by Gasteiger charge is 2.83. The Morgan fingerprint density at radius 1 is 1.44 bits per heavy atom. The molecule has 16 heavy (non-hydrogen) atoms. The molecule has 0 radical (unpaired) electrons. The topological polar surface area (TPSA) is 9.23 Å². The first-order valence-electron chi connectivity index (χ1n) is 6.81. The highest BCUT2D eigenvalue weighted by molar-refractivity contribution is 5.32. The van der Waals surface area contributed by atoms with Crippen LogP contribution in [0.15, 0.2) is 12.7 Å². The average molecular weight is 218 g/mol. The summed E-state index contributed by atoms with van der Waals surface area (Å²) in [4.78, 5) is 0. The predicted octanol–water partition coefficient (Wildman–Crippen LogP) is 3.40. The highest BCUT2D eigenvalue weighted by atomic mass is 16.5. The molecule has 0 aromatic rings. The molecule has 1 nitrogen and oxygen atoms in total. The monoisotopic (exact) mass is 218 g/mol. The van der Waals surface area contributed by atoms with Crippen molar-refractivity contribution in [2.24, 2.45) is 28.6 Å². The minimum absolute atomic E-state index is 0.181. The minimum Gasteiger partial charge on any atom is -0.374 e. The molecule has 0 amide bonds. The van der Waals surface area contributed by atoms with E-state index in [1.165, 1.54) is 19.3 Å². The molecule has 3 aliphatic carbocycles. The highest BCUT2D eigenvalue weighted by Crippen LogP contribution is 2.85. The van der Waals surface area contributed by atoms with Gasteiger partial charge in [0.05, 0.1) is 12.2 Å². The molecule has 0 aromatic carbocycles. The van der Waals surface area contributed by atoms with Crippen molar-refractivity contribution >= 4 is 0 Å². The van der Waals surface area contributed by atoms with Crippen LogP contribution in [0.1, 0.15) is 39.5 Å². The van der Waals surface area contributed by atoms with Gasteiger partial charge in [-0.2, -0.15) is 0 Å². The number of hydrogen-bond acceptors (Lipinski definition) is 1. The van der Waals surface area contributed by atoms with Crippen LogP contribution in [0.2, 0.25) is 0 Å². The number of rotatable bonds is 2. The van der Waals surface area contributed by atoms with Crippen LogP contribution in [0.5, 0.6) is 0 Å². The van der Waals surface area contributed by atoms with Gasteiger partial charge < -0.3 is 4.74 Å². The normalized spacial score (nSPS) is 59.5. The molecule has 5 atom stereocenters. The molecule has 1 heterocycles. The van der Waals surface area contributed by atoms with E-state index in [0.29, 0.717) is 10.8 Å². The minimum atomic E-state index is 0.181. The Labute approximate surface area is 98.2 Å². The Hall–Kier alpha value is -0.300. The van der Waals surface area contributed by atoms with Crippen LogP contribution < -0.4 is 0 Å². The molecular formula is C15H22O. The van der Waals surface area contributed by atoms with Gasteiger partial charge in [-0.25, -0.2) is 0 Å².